The van der Waals surface area contributed by atoms with Gasteiger partial charge in [0, 0.05) is 12.5 Å². The number of carbonyl (C=O) groups is 1. The molecule has 1 amide bonds. The number of nitrogens with one attached hydrogen (secondary N) is 2. The van der Waals surface area contributed by atoms with Crippen LogP contribution in [0, 0.1) is 0 Å². The molecule has 1 aliphatic rings. The molecule has 3 rings (SSSR count). The lowest BCUT2D eigenvalue weighted by Gasteiger charge is -2.18. The van der Waals surface area contributed by atoms with Crippen LogP contribution in [-0.4, -0.2) is 25.6 Å². The first-order valence-corrected chi connectivity index (χ1v) is 9.53. The SMILES string of the molecule is COc1cc(C(C)NC(=O)CC2CCCN2)ccc1OCc1ccccc1.Cl. The van der Waals surface area contributed by atoms with Gasteiger partial charge in [-0.2, -0.15) is 0 Å². The van der Waals surface area contributed by atoms with Crippen LogP contribution in [0.15, 0.2) is 48.5 Å². The summed E-state index contributed by atoms with van der Waals surface area (Å²) in [6.45, 7) is 3.48. The Bertz CT molecular complexity index is 749. The largest absolute Gasteiger partial charge is 0.493 e. The molecule has 0 spiro atoms. The minimum atomic E-state index is -0.0871. The zero-order chi connectivity index (χ0) is 19.1. The number of amides is 1. The molecule has 0 saturated carbocycles. The summed E-state index contributed by atoms with van der Waals surface area (Å²) in [5, 5.41) is 6.43. The maximum atomic E-state index is 12.3. The van der Waals surface area contributed by atoms with Gasteiger partial charge in [-0.3, -0.25) is 4.79 Å². The molecule has 1 aliphatic heterocycles. The Balaban J connectivity index is 0.00000280. The van der Waals surface area contributed by atoms with Gasteiger partial charge in [0.2, 0.25) is 5.91 Å². The molecule has 0 bridgehead atoms. The number of ether oxygens (including phenoxy) is 2. The maximum Gasteiger partial charge on any atom is 0.222 e. The molecule has 2 aromatic carbocycles. The standard InChI is InChI=1S/C22H28N2O3.ClH/c1-16(24-22(25)14-19-9-6-12-23-19)18-10-11-20(21(13-18)26-2)27-15-17-7-4-3-5-8-17;/h3-5,7-8,10-11,13,16,19,23H,6,9,12,14-15H2,1-2H3,(H,24,25);1H. The van der Waals surface area contributed by atoms with Gasteiger partial charge in [-0.15, -0.1) is 12.4 Å². The number of benzene rings is 2. The summed E-state index contributed by atoms with van der Waals surface area (Å²) in [7, 11) is 1.63. The van der Waals surface area contributed by atoms with Crippen LogP contribution in [0.1, 0.15) is 43.4 Å². The summed E-state index contributed by atoms with van der Waals surface area (Å²) in [5.74, 6) is 1.44. The van der Waals surface area contributed by atoms with E-state index >= 15 is 0 Å². The van der Waals surface area contributed by atoms with E-state index in [0.717, 1.165) is 30.5 Å². The van der Waals surface area contributed by atoms with Crippen molar-refractivity contribution in [1.82, 2.24) is 10.6 Å². The molecule has 5 nitrogen and oxygen atoms in total. The molecule has 2 unspecified atom stereocenters. The molecule has 2 aromatic rings. The fourth-order valence-corrected chi connectivity index (χ4v) is 3.35. The van der Waals surface area contributed by atoms with Crippen LogP contribution < -0.4 is 20.1 Å². The lowest BCUT2D eigenvalue weighted by Crippen LogP contribution is -2.33. The van der Waals surface area contributed by atoms with Crippen molar-refractivity contribution < 1.29 is 14.3 Å². The zero-order valence-electron chi connectivity index (χ0n) is 16.4. The fourth-order valence-electron chi connectivity index (χ4n) is 3.35. The normalized spacial score (nSPS) is 16.7. The van der Waals surface area contributed by atoms with Crippen molar-refractivity contribution in [3.8, 4) is 11.5 Å². The number of hydrogen-bond donors (Lipinski definition) is 2. The summed E-state index contributed by atoms with van der Waals surface area (Å²) in [6, 6.07) is 16.0. The topological polar surface area (TPSA) is 59.6 Å². The van der Waals surface area contributed by atoms with E-state index in [1.165, 1.54) is 0 Å². The Kier molecular flexibility index (Phi) is 8.61. The second-order valence-electron chi connectivity index (χ2n) is 6.97. The van der Waals surface area contributed by atoms with Gasteiger partial charge in [-0.1, -0.05) is 36.4 Å². The van der Waals surface area contributed by atoms with E-state index in [1.54, 1.807) is 7.11 Å². The third-order valence-corrected chi connectivity index (χ3v) is 4.90. The third kappa shape index (κ3) is 6.14. The highest BCUT2D eigenvalue weighted by atomic mass is 35.5. The van der Waals surface area contributed by atoms with Crippen molar-refractivity contribution in [2.45, 2.75) is 44.9 Å². The van der Waals surface area contributed by atoms with Gasteiger partial charge < -0.3 is 20.1 Å². The van der Waals surface area contributed by atoms with Gasteiger partial charge in [0.15, 0.2) is 11.5 Å². The van der Waals surface area contributed by atoms with Crippen LogP contribution in [0.2, 0.25) is 0 Å². The van der Waals surface area contributed by atoms with Gasteiger partial charge in [-0.25, -0.2) is 0 Å². The van der Waals surface area contributed by atoms with E-state index in [-0.39, 0.29) is 24.4 Å². The molecule has 1 saturated heterocycles. The van der Waals surface area contributed by atoms with E-state index in [4.69, 9.17) is 9.47 Å². The molecule has 28 heavy (non-hydrogen) atoms. The maximum absolute atomic E-state index is 12.3. The fraction of sp³-hybridized carbons (Fsp3) is 0.409. The third-order valence-electron chi connectivity index (χ3n) is 4.90. The van der Waals surface area contributed by atoms with E-state index in [2.05, 4.69) is 10.6 Å². The molecule has 0 aliphatic carbocycles. The molecule has 1 fully saturated rings. The average Bonchev–Trinajstić information content (AvgIpc) is 3.19. The number of hydrogen-bond acceptors (Lipinski definition) is 4. The summed E-state index contributed by atoms with van der Waals surface area (Å²) >= 11 is 0. The molecule has 0 radical (unpaired) electrons. The lowest BCUT2D eigenvalue weighted by atomic mass is 10.1. The van der Waals surface area contributed by atoms with E-state index in [0.29, 0.717) is 30.6 Å². The van der Waals surface area contributed by atoms with Gasteiger partial charge in [0.05, 0.1) is 13.2 Å². The molecule has 152 valence electrons. The van der Waals surface area contributed by atoms with Gasteiger partial charge in [0.1, 0.15) is 6.61 Å². The zero-order valence-corrected chi connectivity index (χ0v) is 17.3. The van der Waals surface area contributed by atoms with Gasteiger partial charge in [-0.05, 0) is 49.6 Å². The molecular formula is C22H29ClN2O3. The molecule has 0 aromatic heterocycles. The highest BCUT2D eigenvalue weighted by Crippen LogP contribution is 2.31. The number of methoxy groups -OCH3 is 1. The van der Waals surface area contributed by atoms with Crippen LogP contribution in [-0.2, 0) is 11.4 Å². The van der Waals surface area contributed by atoms with Gasteiger partial charge in [0.25, 0.3) is 0 Å². The number of rotatable bonds is 8. The Morgan fingerprint density at radius 2 is 2.00 bits per heavy atom. The molecule has 2 atom stereocenters. The first-order valence-electron chi connectivity index (χ1n) is 9.53. The smallest absolute Gasteiger partial charge is 0.222 e. The van der Waals surface area contributed by atoms with Crippen molar-refractivity contribution in [2.75, 3.05) is 13.7 Å². The Hall–Kier alpha value is -2.24. The number of halogens is 1. The minimum absolute atomic E-state index is 0. The highest BCUT2D eigenvalue weighted by molar-refractivity contribution is 5.85. The first kappa shape index (κ1) is 22.1. The molecule has 2 N–H and O–H groups in total. The van der Waals surface area contributed by atoms with Crippen LogP contribution in [0.5, 0.6) is 11.5 Å². The van der Waals surface area contributed by atoms with Crippen molar-refractivity contribution in [1.29, 1.82) is 0 Å². The molecule has 1 heterocycles. The van der Waals surface area contributed by atoms with Crippen molar-refractivity contribution in [3.63, 3.8) is 0 Å². The van der Waals surface area contributed by atoms with E-state index < -0.39 is 0 Å². The lowest BCUT2D eigenvalue weighted by molar-refractivity contribution is -0.122. The quantitative estimate of drug-likeness (QED) is 0.697. The van der Waals surface area contributed by atoms with Crippen LogP contribution in [0.4, 0.5) is 0 Å². The van der Waals surface area contributed by atoms with Crippen LogP contribution >= 0.6 is 12.4 Å². The van der Waals surface area contributed by atoms with E-state index in [1.807, 2.05) is 55.5 Å². The van der Waals surface area contributed by atoms with Crippen molar-refractivity contribution in [2.24, 2.45) is 0 Å². The Morgan fingerprint density at radius 3 is 2.68 bits per heavy atom. The average molecular weight is 405 g/mol. The summed E-state index contributed by atoms with van der Waals surface area (Å²) in [4.78, 5) is 12.3. The predicted molar refractivity (Wildman–Crippen MR) is 113 cm³/mol. The summed E-state index contributed by atoms with van der Waals surface area (Å²) < 4.78 is 11.4. The predicted octanol–water partition coefficient (Wildman–Crippen LogP) is 4.02. The molecular weight excluding hydrogens is 376 g/mol. The summed E-state index contributed by atoms with van der Waals surface area (Å²) in [6.07, 6.45) is 2.75. The van der Waals surface area contributed by atoms with Crippen LogP contribution in [0.25, 0.3) is 0 Å². The summed E-state index contributed by atoms with van der Waals surface area (Å²) in [5.41, 5.74) is 2.09. The second-order valence-corrected chi connectivity index (χ2v) is 6.97. The van der Waals surface area contributed by atoms with Crippen molar-refractivity contribution in [3.05, 3.63) is 59.7 Å². The number of carbonyl (C=O) groups excluding carboxylic acids is 1. The monoisotopic (exact) mass is 404 g/mol. The minimum Gasteiger partial charge on any atom is -0.493 e. The van der Waals surface area contributed by atoms with Gasteiger partial charge >= 0.3 is 0 Å². The highest BCUT2D eigenvalue weighted by Gasteiger charge is 2.19. The first-order chi connectivity index (χ1) is 13.2. The van der Waals surface area contributed by atoms with Crippen LogP contribution in [0.3, 0.4) is 0 Å². The second kappa shape index (κ2) is 10.9. The van der Waals surface area contributed by atoms with E-state index in [9.17, 15) is 4.79 Å². The van der Waals surface area contributed by atoms with Crippen molar-refractivity contribution >= 4 is 18.3 Å². The Morgan fingerprint density at radius 1 is 1.21 bits per heavy atom. The Labute approximate surface area is 173 Å². The molecule has 6 heteroatoms.